The van der Waals surface area contributed by atoms with Gasteiger partial charge in [-0.2, -0.15) is 6.92 Å². The van der Waals surface area contributed by atoms with E-state index in [4.69, 9.17) is 19.7 Å². The summed E-state index contributed by atoms with van der Waals surface area (Å²) in [5.74, 6) is -2.69. The summed E-state index contributed by atoms with van der Waals surface area (Å²) in [6, 6.07) is 0.0282. The minimum atomic E-state index is -1.31. The first-order valence-corrected chi connectivity index (χ1v) is 11.8. The van der Waals surface area contributed by atoms with Crippen molar-refractivity contribution in [2.45, 2.75) is 84.1 Å². The van der Waals surface area contributed by atoms with E-state index in [9.17, 15) is 24.0 Å². The van der Waals surface area contributed by atoms with Crippen LogP contribution in [0, 0.1) is 18.8 Å². The largest absolute Gasteiger partial charge is 1.00 e. The van der Waals surface area contributed by atoms with Crippen LogP contribution in [0.2, 0.25) is 0 Å². The number of Topliss-reactive ketones (excluding diaryl/α,β-unsaturated/α-hetero) is 1. The zero-order chi connectivity index (χ0) is 26.1. The number of likely N-dealkylation sites (tertiary alicyclic amines) is 1. The molecule has 2 rings (SSSR count). The van der Waals surface area contributed by atoms with Gasteiger partial charge in [0.05, 0.1) is 13.7 Å². The summed E-state index contributed by atoms with van der Waals surface area (Å²) in [4.78, 5) is 56.8. The van der Waals surface area contributed by atoms with Crippen LogP contribution < -0.4 is 51.4 Å². The van der Waals surface area contributed by atoms with Crippen LogP contribution >= 0.6 is 0 Å². The Balaban J connectivity index is 0. The molecule has 1 heterocycles. The van der Waals surface area contributed by atoms with Crippen LogP contribution in [-0.4, -0.2) is 71.2 Å². The number of rotatable bonds is 8. The molecule has 1 saturated heterocycles. The number of nitrogens with zero attached hydrogens (tertiary/aromatic N) is 1. The number of esters is 1. The van der Waals surface area contributed by atoms with Crippen molar-refractivity contribution in [2.24, 2.45) is 11.8 Å². The Labute approximate surface area is 250 Å². The number of carboxylic acids is 2. The van der Waals surface area contributed by atoms with Crippen molar-refractivity contribution >= 4 is 29.8 Å². The molecule has 0 aromatic heterocycles. The fraction of sp³-hybridized carbons (Fsp3) is 0.750. The number of piperidine rings is 1. The van der Waals surface area contributed by atoms with Gasteiger partial charge in [0, 0.05) is 18.5 Å². The Morgan fingerprint density at radius 3 is 1.97 bits per heavy atom. The van der Waals surface area contributed by atoms with E-state index in [0.29, 0.717) is 25.3 Å². The molecule has 1 aliphatic carbocycles. The summed E-state index contributed by atoms with van der Waals surface area (Å²) >= 11 is 0. The summed E-state index contributed by atoms with van der Waals surface area (Å²) in [5, 5.41) is 15.4. The quantitative estimate of drug-likeness (QED) is 0.202. The van der Waals surface area contributed by atoms with Crippen LogP contribution in [0.5, 0.6) is 0 Å². The number of aliphatic carboxylic acids is 2. The summed E-state index contributed by atoms with van der Waals surface area (Å²) < 4.78 is 9.81. The summed E-state index contributed by atoms with van der Waals surface area (Å²) in [5.41, 5.74) is 0. The summed E-state index contributed by atoms with van der Waals surface area (Å²) in [6.07, 6.45) is 7.07. The third-order valence-electron chi connectivity index (χ3n) is 5.84. The van der Waals surface area contributed by atoms with Crippen LogP contribution in [-0.2, 0) is 28.7 Å². The molecule has 0 spiro atoms. The fourth-order valence-electron chi connectivity index (χ4n) is 4.36. The molecule has 35 heavy (non-hydrogen) atoms. The molecule has 0 aromatic carbocycles. The van der Waals surface area contributed by atoms with Gasteiger partial charge in [0.1, 0.15) is 18.6 Å². The van der Waals surface area contributed by atoms with Gasteiger partial charge in [0.25, 0.3) is 0 Å². The van der Waals surface area contributed by atoms with Gasteiger partial charge in [-0.1, -0.05) is 32.1 Å². The number of hydrogen-bond acceptors (Lipinski definition) is 7. The number of ketones is 1. The van der Waals surface area contributed by atoms with E-state index >= 15 is 0 Å². The molecule has 10 nitrogen and oxygen atoms in total. The molecule has 196 valence electrons. The Hall–Kier alpha value is -1.01. The van der Waals surface area contributed by atoms with E-state index in [1.807, 2.05) is 0 Å². The average Bonchev–Trinajstić information content (AvgIpc) is 2.80. The maximum atomic E-state index is 12.4. The van der Waals surface area contributed by atoms with Crippen LogP contribution in [0.1, 0.15) is 78.1 Å². The number of ether oxygens (including phenoxy) is 2. The molecule has 2 aliphatic rings. The van der Waals surface area contributed by atoms with E-state index in [2.05, 4.69) is 6.92 Å². The van der Waals surface area contributed by atoms with Crippen LogP contribution in [0.4, 0.5) is 4.79 Å². The minimum absolute atomic E-state index is 0. The van der Waals surface area contributed by atoms with Crippen LogP contribution in [0.25, 0.3) is 0 Å². The molecule has 0 bridgehead atoms. The van der Waals surface area contributed by atoms with Gasteiger partial charge in [0.2, 0.25) is 0 Å². The first-order valence-electron chi connectivity index (χ1n) is 11.8. The smallest absolute Gasteiger partial charge is 0.481 e. The van der Waals surface area contributed by atoms with Gasteiger partial charge in [0.15, 0.2) is 0 Å². The van der Waals surface area contributed by atoms with E-state index in [1.165, 1.54) is 39.2 Å². The van der Waals surface area contributed by atoms with Crippen molar-refractivity contribution in [2.75, 3.05) is 20.3 Å². The van der Waals surface area contributed by atoms with Gasteiger partial charge in [-0.25, -0.2) is 4.79 Å². The van der Waals surface area contributed by atoms with Crippen molar-refractivity contribution in [1.82, 2.24) is 4.90 Å². The van der Waals surface area contributed by atoms with Crippen molar-refractivity contribution in [3.05, 3.63) is 6.92 Å². The maximum Gasteiger partial charge on any atom is 1.00 e. The monoisotopic (exact) mass is 525 g/mol. The topological polar surface area (TPSA) is 148 Å². The Kier molecular flexibility index (Phi) is 21.8. The molecule has 2 fully saturated rings. The molecular formula is C24H40KNO9. The standard InChI is InChI=1S/C19H31NO5.C3H4O4.C2H5.K/c1-3-25-18(22)13-17(21)15-9-10-20(19(23)24-2)16(12-15)11-14-7-5-4-6-8-14;4-2(5)1-3(6)7;1-2;/h14-16H,3-13H2,1-2H3;1H2,(H,4,5)(H,6,7);1H2,2H3;/q;;-1;+1. The second-order valence-electron chi connectivity index (χ2n) is 8.19. The van der Waals surface area contributed by atoms with Crippen molar-refractivity contribution in [1.29, 1.82) is 0 Å². The number of amides is 1. The predicted molar refractivity (Wildman–Crippen MR) is 124 cm³/mol. The number of hydrogen-bond donors (Lipinski definition) is 2. The van der Waals surface area contributed by atoms with Gasteiger partial charge in [-0.15, -0.1) is 0 Å². The molecule has 2 unspecified atom stereocenters. The maximum absolute atomic E-state index is 12.4. The van der Waals surface area contributed by atoms with Crippen molar-refractivity contribution in [3.8, 4) is 0 Å². The molecule has 1 aliphatic heterocycles. The Morgan fingerprint density at radius 1 is 0.943 bits per heavy atom. The summed E-state index contributed by atoms with van der Waals surface area (Å²) in [7, 11) is 1.40. The van der Waals surface area contributed by atoms with Crippen LogP contribution in [0.15, 0.2) is 0 Å². The van der Waals surface area contributed by atoms with E-state index in [-0.39, 0.29) is 88.2 Å². The zero-order valence-corrected chi connectivity index (χ0v) is 24.7. The molecule has 11 heteroatoms. The predicted octanol–water partition coefficient (Wildman–Crippen LogP) is 0.716. The van der Waals surface area contributed by atoms with Gasteiger partial charge >= 0.3 is 75.4 Å². The zero-order valence-electron chi connectivity index (χ0n) is 21.6. The second kappa shape index (κ2) is 21.1. The first kappa shape index (κ1) is 36.1. The Morgan fingerprint density at radius 2 is 1.51 bits per heavy atom. The summed E-state index contributed by atoms with van der Waals surface area (Å²) in [6.45, 7) is 7.54. The fourth-order valence-corrected chi connectivity index (χ4v) is 4.36. The van der Waals surface area contributed by atoms with Gasteiger partial charge < -0.3 is 31.5 Å². The number of methoxy groups -OCH3 is 1. The third-order valence-corrected chi connectivity index (χ3v) is 5.84. The normalized spacial score (nSPS) is 19.4. The SMILES string of the molecule is CCOC(=O)CC(=O)C1CCN(C(=O)OC)C(CC2CCCCC2)C1.O=C(O)CC(=O)O.[CH2-]C.[K+]. The third kappa shape index (κ3) is 15.6. The van der Waals surface area contributed by atoms with Crippen molar-refractivity contribution in [3.63, 3.8) is 0 Å². The van der Waals surface area contributed by atoms with Crippen LogP contribution in [0.3, 0.4) is 0 Å². The molecule has 2 atom stereocenters. The average molecular weight is 526 g/mol. The van der Waals surface area contributed by atoms with E-state index in [0.717, 1.165) is 6.42 Å². The Bertz CT molecular complexity index is 653. The molecule has 0 radical (unpaired) electrons. The molecule has 1 saturated carbocycles. The first-order chi connectivity index (χ1) is 16.2. The minimum Gasteiger partial charge on any atom is -0.481 e. The number of carbonyl (C=O) groups is 5. The number of carbonyl (C=O) groups excluding carboxylic acids is 3. The van der Waals surface area contributed by atoms with Gasteiger partial charge in [-0.05, 0) is 32.1 Å². The molecule has 2 N–H and O–H groups in total. The van der Waals surface area contributed by atoms with E-state index in [1.54, 1.807) is 18.7 Å². The second-order valence-corrected chi connectivity index (χ2v) is 8.19. The molecule has 0 aromatic rings. The molecular weight excluding hydrogens is 485 g/mol. The molecule has 1 amide bonds. The van der Waals surface area contributed by atoms with E-state index < -0.39 is 24.3 Å². The van der Waals surface area contributed by atoms with Crippen molar-refractivity contribution < 1.29 is 95.0 Å². The number of carboxylic acid groups (broad SMARTS) is 2. The van der Waals surface area contributed by atoms with Gasteiger partial charge in [-0.3, -0.25) is 19.2 Å².